The molecule has 8 nitrogen and oxygen atoms in total. The quantitative estimate of drug-likeness (QED) is 0.485. The summed E-state index contributed by atoms with van der Waals surface area (Å²) in [7, 11) is 4.04. The van der Waals surface area contributed by atoms with Crippen LogP contribution in [0.1, 0.15) is 23.2 Å². The van der Waals surface area contributed by atoms with Crippen LogP contribution in [0.25, 0.3) is 22.0 Å². The van der Waals surface area contributed by atoms with E-state index in [0.717, 1.165) is 53.0 Å². The topological polar surface area (TPSA) is 88.8 Å². The number of likely N-dealkylation sites (tertiary alicyclic amines) is 1. The standard InChI is InChI=1S/C24H25N7OS/c1-30-9-6-20(7-10-30)33-23-13-17(5-8-25-23)24(32)27-22-12-18-11-16(3-4-21(18)28-29-22)19-14-26-31(2)15-19/h3-5,8,11-15,20H,6-7,9-10H2,1-2H3,(H,27,29,32). The van der Waals surface area contributed by atoms with E-state index >= 15 is 0 Å². The largest absolute Gasteiger partial charge is 0.306 e. The molecule has 4 heterocycles. The van der Waals surface area contributed by atoms with Gasteiger partial charge in [-0.2, -0.15) is 5.10 Å². The summed E-state index contributed by atoms with van der Waals surface area (Å²) in [6.07, 6.45) is 7.74. The summed E-state index contributed by atoms with van der Waals surface area (Å²) in [6.45, 7) is 2.20. The smallest absolute Gasteiger partial charge is 0.257 e. The van der Waals surface area contributed by atoms with Crippen molar-refractivity contribution in [2.45, 2.75) is 23.1 Å². The van der Waals surface area contributed by atoms with Crippen LogP contribution < -0.4 is 5.32 Å². The van der Waals surface area contributed by atoms with Crippen LogP contribution in [0.2, 0.25) is 0 Å². The van der Waals surface area contributed by atoms with E-state index in [0.29, 0.717) is 16.6 Å². The van der Waals surface area contributed by atoms with Crippen molar-refractivity contribution in [3.63, 3.8) is 0 Å². The van der Waals surface area contributed by atoms with Crippen molar-refractivity contribution < 1.29 is 4.79 Å². The SMILES string of the molecule is CN1CCC(Sc2cc(C(=O)Nc3cc4cc(-c5cnn(C)c5)ccc4nn3)ccn2)CC1. The summed E-state index contributed by atoms with van der Waals surface area (Å²) in [5.41, 5.74) is 3.38. The number of pyridine rings is 1. The zero-order valence-corrected chi connectivity index (χ0v) is 19.4. The van der Waals surface area contributed by atoms with Gasteiger partial charge in [-0.05, 0) is 68.9 Å². The highest BCUT2D eigenvalue weighted by atomic mass is 32.2. The fourth-order valence-electron chi connectivity index (χ4n) is 3.93. The predicted molar refractivity (Wildman–Crippen MR) is 130 cm³/mol. The third-order valence-corrected chi connectivity index (χ3v) is 7.08. The van der Waals surface area contributed by atoms with Gasteiger partial charge in [0.25, 0.3) is 5.91 Å². The Morgan fingerprint density at radius 1 is 1.06 bits per heavy atom. The Morgan fingerprint density at radius 2 is 1.91 bits per heavy atom. The lowest BCUT2D eigenvalue weighted by Gasteiger charge is -2.28. The molecule has 0 unspecified atom stereocenters. The van der Waals surface area contributed by atoms with Crippen molar-refractivity contribution in [2.24, 2.45) is 7.05 Å². The molecule has 4 aromatic rings. The van der Waals surface area contributed by atoms with E-state index < -0.39 is 0 Å². The van der Waals surface area contributed by atoms with E-state index in [1.165, 1.54) is 0 Å². The number of rotatable bonds is 5. The maximum atomic E-state index is 12.9. The number of benzene rings is 1. The lowest BCUT2D eigenvalue weighted by molar-refractivity contribution is 0.102. The number of hydrogen-bond acceptors (Lipinski definition) is 7. The highest BCUT2D eigenvalue weighted by Gasteiger charge is 2.19. The second-order valence-electron chi connectivity index (χ2n) is 8.36. The molecule has 3 aromatic heterocycles. The lowest BCUT2D eigenvalue weighted by atomic mass is 10.1. The molecule has 0 aliphatic carbocycles. The van der Waals surface area contributed by atoms with E-state index in [1.54, 1.807) is 28.7 Å². The van der Waals surface area contributed by atoms with Gasteiger partial charge in [0.2, 0.25) is 0 Å². The van der Waals surface area contributed by atoms with Crippen molar-refractivity contribution in [1.82, 2.24) is 29.9 Å². The molecule has 1 fully saturated rings. The summed E-state index contributed by atoms with van der Waals surface area (Å²) in [5, 5.41) is 17.9. The maximum absolute atomic E-state index is 12.9. The summed E-state index contributed by atoms with van der Waals surface area (Å²) in [6, 6.07) is 11.4. The van der Waals surface area contributed by atoms with Crippen molar-refractivity contribution in [3.8, 4) is 11.1 Å². The number of thioether (sulfide) groups is 1. The third kappa shape index (κ3) is 5.04. The number of nitrogens with zero attached hydrogens (tertiary/aromatic N) is 6. The monoisotopic (exact) mass is 459 g/mol. The molecule has 1 aromatic carbocycles. The molecule has 168 valence electrons. The highest BCUT2D eigenvalue weighted by molar-refractivity contribution is 7.99. The van der Waals surface area contributed by atoms with Crippen LogP contribution >= 0.6 is 11.8 Å². The molecule has 0 saturated carbocycles. The molecule has 5 rings (SSSR count). The Hall–Kier alpha value is -3.30. The van der Waals surface area contributed by atoms with Gasteiger partial charge in [-0.15, -0.1) is 22.0 Å². The van der Waals surface area contributed by atoms with Crippen LogP contribution in [-0.2, 0) is 7.05 Å². The van der Waals surface area contributed by atoms with Crippen LogP contribution in [0.5, 0.6) is 0 Å². The Balaban J connectivity index is 1.31. The molecule has 9 heteroatoms. The Labute approximate surface area is 196 Å². The number of carbonyl (C=O) groups excluding carboxylic acids is 1. The molecule has 1 aliphatic heterocycles. The Bertz CT molecular complexity index is 1300. The maximum Gasteiger partial charge on any atom is 0.257 e. The van der Waals surface area contributed by atoms with E-state index in [4.69, 9.17) is 0 Å². The third-order valence-electron chi connectivity index (χ3n) is 5.82. The minimum Gasteiger partial charge on any atom is -0.306 e. The zero-order valence-electron chi connectivity index (χ0n) is 18.6. The van der Waals surface area contributed by atoms with E-state index in [-0.39, 0.29) is 5.91 Å². The number of anilines is 1. The molecule has 0 bridgehead atoms. The van der Waals surface area contributed by atoms with E-state index in [1.807, 2.05) is 49.8 Å². The number of hydrogen-bond donors (Lipinski definition) is 1. The number of aromatic nitrogens is 5. The number of fused-ring (bicyclic) bond motifs is 1. The van der Waals surface area contributed by atoms with Crippen LogP contribution in [0.3, 0.4) is 0 Å². The zero-order chi connectivity index (χ0) is 22.8. The second kappa shape index (κ2) is 9.29. The lowest BCUT2D eigenvalue weighted by Crippen LogP contribution is -2.31. The summed E-state index contributed by atoms with van der Waals surface area (Å²) in [5.74, 6) is 0.192. The van der Waals surface area contributed by atoms with Crippen molar-refractivity contribution in [3.05, 3.63) is 60.6 Å². The summed E-state index contributed by atoms with van der Waals surface area (Å²) in [4.78, 5) is 19.7. The Kier molecular flexibility index (Phi) is 6.06. The highest BCUT2D eigenvalue weighted by Crippen LogP contribution is 2.29. The first-order chi connectivity index (χ1) is 16.0. The molecule has 0 spiro atoms. The summed E-state index contributed by atoms with van der Waals surface area (Å²) < 4.78 is 1.77. The molecule has 1 amide bonds. The first kappa shape index (κ1) is 21.5. The van der Waals surface area contributed by atoms with Crippen LogP contribution in [0.4, 0.5) is 5.82 Å². The van der Waals surface area contributed by atoms with Gasteiger partial charge >= 0.3 is 0 Å². The van der Waals surface area contributed by atoms with Gasteiger partial charge in [0.15, 0.2) is 5.82 Å². The minimum atomic E-state index is -0.223. The van der Waals surface area contributed by atoms with Crippen molar-refractivity contribution in [2.75, 3.05) is 25.5 Å². The first-order valence-corrected chi connectivity index (χ1v) is 11.8. The normalized spacial score (nSPS) is 15.1. The molecule has 0 atom stereocenters. The predicted octanol–water partition coefficient (Wildman–Crippen LogP) is 3.86. The fourth-order valence-corrected chi connectivity index (χ4v) is 5.04. The van der Waals surface area contributed by atoms with Crippen molar-refractivity contribution >= 4 is 34.4 Å². The van der Waals surface area contributed by atoms with Crippen molar-refractivity contribution in [1.29, 1.82) is 0 Å². The molecule has 1 saturated heterocycles. The molecular weight excluding hydrogens is 434 g/mol. The number of piperidine rings is 1. The number of aryl methyl sites for hydroxylation is 1. The van der Waals surface area contributed by atoms with Gasteiger partial charge in [0, 0.05) is 41.2 Å². The van der Waals surface area contributed by atoms with Gasteiger partial charge in [0.1, 0.15) is 0 Å². The van der Waals surface area contributed by atoms with E-state index in [2.05, 4.69) is 37.5 Å². The molecule has 0 radical (unpaired) electrons. The minimum absolute atomic E-state index is 0.223. The number of nitrogens with one attached hydrogen (secondary N) is 1. The first-order valence-electron chi connectivity index (χ1n) is 10.9. The molecular formula is C24H25N7OS. The average Bonchev–Trinajstić information content (AvgIpc) is 3.26. The molecule has 1 N–H and O–H groups in total. The molecule has 1 aliphatic rings. The second-order valence-corrected chi connectivity index (χ2v) is 9.68. The fraction of sp³-hybridized carbons (Fsp3) is 0.292. The van der Waals surface area contributed by atoms with Crippen LogP contribution in [0.15, 0.2) is 60.0 Å². The van der Waals surface area contributed by atoms with Crippen LogP contribution in [-0.4, -0.2) is 61.2 Å². The van der Waals surface area contributed by atoms with Crippen LogP contribution in [0, 0.1) is 0 Å². The van der Waals surface area contributed by atoms with Gasteiger partial charge in [-0.25, -0.2) is 4.98 Å². The van der Waals surface area contributed by atoms with Gasteiger partial charge < -0.3 is 10.2 Å². The Morgan fingerprint density at radius 3 is 2.70 bits per heavy atom. The number of amides is 1. The summed E-state index contributed by atoms with van der Waals surface area (Å²) >= 11 is 1.75. The number of carbonyl (C=O) groups is 1. The van der Waals surface area contributed by atoms with Gasteiger partial charge in [-0.3, -0.25) is 9.48 Å². The van der Waals surface area contributed by atoms with Gasteiger partial charge in [0.05, 0.1) is 16.7 Å². The van der Waals surface area contributed by atoms with E-state index in [9.17, 15) is 4.79 Å². The molecule has 33 heavy (non-hydrogen) atoms. The van der Waals surface area contributed by atoms with Gasteiger partial charge in [-0.1, -0.05) is 6.07 Å². The average molecular weight is 460 g/mol.